The molecule has 0 aliphatic carbocycles. The van der Waals surface area contributed by atoms with Crippen molar-refractivity contribution >= 4 is 15.9 Å². The van der Waals surface area contributed by atoms with Crippen LogP contribution in [0.2, 0.25) is 0 Å². The van der Waals surface area contributed by atoms with Gasteiger partial charge < -0.3 is 0 Å². The average Bonchev–Trinajstić information content (AvgIpc) is 2.48. The van der Waals surface area contributed by atoms with Crippen LogP contribution in [0.5, 0.6) is 0 Å². The van der Waals surface area contributed by atoms with E-state index in [0.29, 0.717) is 5.56 Å². The van der Waals surface area contributed by atoms with Gasteiger partial charge in [0.05, 0.1) is 0 Å². The molecule has 0 radical (unpaired) electrons. The van der Waals surface area contributed by atoms with E-state index in [2.05, 4.69) is 28.1 Å². The summed E-state index contributed by atoms with van der Waals surface area (Å²) < 4.78 is 13.7. The van der Waals surface area contributed by atoms with E-state index >= 15 is 0 Å². The van der Waals surface area contributed by atoms with Crippen LogP contribution in [-0.2, 0) is 6.42 Å². The molecule has 0 saturated carbocycles. The second-order valence-electron chi connectivity index (χ2n) is 5.03. The molecule has 2 aromatic carbocycles. The number of halogens is 2. The maximum atomic E-state index is 13.7. The highest BCUT2D eigenvalue weighted by Gasteiger charge is 2.03. The zero-order chi connectivity index (χ0) is 14.2. The van der Waals surface area contributed by atoms with E-state index < -0.39 is 0 Å². The molecule has 2 heteroatoms. The molecule has 0 heterocycles. The molecule has 0 amide bonds. The summed E-state index contributed by atoms with van der Waals surface area (Å²) in [4.78, 5) is 0. The van der Waals surface area contributed by atoms with Gasteiger partial charge in [0.25, 0.3) is 0 Å². The zero-order valence-electron chi connectivity index (χ0n) is 11.6. The topological polar surface area (TPSA) is 0 Å². The van der Waals surface area contributed by atoms with E-state index in [1.165, 1.54) is 37.3 Å². The van der Waals surface area contributed by atoms with Crippen LogP contribution in [0.15, 0.2) is 48.5 Å². The van der Waals surface area contributed by atoms with E-state index in [-0.39, 0.29) is 5.82 Å². The van der Waals surface area contributed by atoms with Crippen LogP contribution in [-0.4, -0.2) is 5.33 Å². The summed E-state index contributed by atoms with van der Waals surface area (Å²) in [6, 6.07) is 15.2. The molecule has 0 N–H and O–H groups in total. The number of hydrogen-bond donors (Lipinski definition) is 0. The number of unbranched alkanes of at least 4 members (excludes halogenated alkanes) is 3. The SMILES string of the molecule is Fc1ccccc1-c1ccc(CCCCCCBr)cc1. The fourth-order valence-corrected chi connectivity index (χ4v) is 2.72. The van der Waals surface area contributed by atoms with Crippen molar-refractivity contribution in [2.45, 2.75) is 32.1 Å². The average molecular weight is 335 g/mol. The third-order valence-corrected chi connectivity index (χ3v) is 4.05. The summed E-state index contributed by atoms with van der Waals surface area (Å²) in [5, 5.41) is 1.10. The Bertz CT molecular complexity index is 519. The molecule has 2 rings (SSSR count). The van der Waals surface area contributed by atoms with Gasteiger partial charge in [-0.15, -0.1) is 0 Å². The normalized spacial score (nSPS) is 10.7. The first-order valence-electron chi connectivity index (χ1n) is 7.21. The van der Waals surface area contributed by atoms with Crippen LogP contribution < -0.4 is 0 Å². The van der Waals surface area contributed by atoms with Gasteiger partial charge in [-0.3, -0.25) is 0 Å². The van der Waals surface area contributed by atoms with Crippen molar-refractivity contribution < 1.29 is 4.39 Å². The minimum atomic E-state index is -0.157. The second-order valence-corrected chi connectivity index (χ2v) is 5.82. The first-order chi connectivity index (χ1) is 9.81. The maximum absolute atomic E-state index is 13.7. The Labute approximate surface area is 129 Å². The van der Waals surface area contributed by atoms with Crippen molar-refractivity contribution in [2.24, 2.45) is 0 Å². The Hall–Kier alpha value is -1.15. The molecule has 0 saturated heterocycles. The third-order valence-electron chi connectivity index (χ3n) is 3.49. The van der Waals surface area contributed by atoms with Crippen LogP contribution in [0, 0.1) is 5.82 Å². The van der Waals surface area contributed by atoms with E-state index in [1.807, 2.05) is 24.3 Å². The molecule has 20 heavy (non-hydrogen) atoms. The lowest BCUT2D eigenvalue weighted by atomic mass is 10.0. The fraction of sp³-hybridized carbons (Fsp3) is 0.333. The minimum absolute atomic E-state index is 0.157. The molecule has 0 aliphatic heterocycles. The van der Waals surface area contributed by atoms with Crippen molar-refractivity contribution in [3.8, 4) is 11.1 Å². The molecule has 2 aromatic rings. The standard InChI is InChI=1S/C18H20BrF/c19-14-6-2-1-3-7-15-10-12-16(13-11-15)17-8-4-5-9-18(17)20/h4-5,8-13H,1-3,6-7,14H2. The number of benzene rings is 2. The summed E-state index contributed by atoms with van der Waals surface area (Å²) in [7, 11) is 0. The maximum Gasteiger partial charge on any atom is 0.131 e. The Morgan fingerprint density at radius 2 is 1.50 bits per heavy atom. The minimum Gasteiger partial charge on any atom is -0.206 e. The largest absolute Gasteiger partial charge is 0.206 e. The van der Waals surface area contributed by atoms with Crippen LogP contribution in [0.1, 0.15) is 31.2 Å². The summed E-state index contributed by atoms with van der Waals surface area (Å²) in [6.07, 6.45) is 6.16. The van der Waals surface area contributed by atoms with Gasteiger partial charge in [-0.05, 0) is 36.5 Å². The lowest BCUT2D eigenvalue weighted by Crippen LogP contribution is -1.88. The van der Waals surface area contributed by atoms with Crippen LogP contribution in [0.3, 0.4) is 0 Å². The van der Waals surface area contributed by atoms with Crippen molar-refractivity contribution in [3.05, 3.63) is 59.9 Å². The number of hydrogen-bond acceptors (Lipinski definition) is 0. The van der Waals surface area contributed by atoms with Crippen molar-refractivity contribution in [3.63, 3.8) is 0 Å². The van der Waals surface area contributed by atoms with E-state index in [4.69, 9.17) is 0 Å². The Morgan fingerprint density at radius 3 is 2.20 bits per heavy atom. The quantitative estimate of drug-likeness (QED) is 0.431. The molecule has 0 spiro atoms. The van der Waals surface area contributed by atoms with Crippen molar-refractivity contribution in [2.75, 3.05) is 5.33 Å². The smallest absolute Gasteiger partial charge is 0.131 e. The van der Waals surface area contributed by atoms with Gasteiger partial charge in [0.2, 0.25) is 0 Å². The van der Waals surface area contributed by atoms with Gasteiger partial charge in [-0.25, -0.2) is 4.39 Å². The predicted molar refractivity (Wildman–Crippen MR) is 87.8 cm³/mol. The van der Waals surface area contributed by atoms with Gasteiger partial charge in [0, 0.05) is 10.9 Å². The monoisotopic (exact) mass is 334 g/mol. The zero-order valence-corrected chi connectivity index (χ0v) is 13.2. The molecule has 0 fully saturated rings. The number of alkyl halides is 1. The Balaban J connectivity index is 1.92. The molecule has 0 nitrogen and oxygen atoms in total. The van der Waals surface area contributed by atoms with Crippen LogP contribution >= 0.6 is 15.9 Å². The van der Waals surface area contributed by atoms with Crippen molar-refractivity contribution in [1.82, 2.24) is 0 Å². The lowest BCUT2D eigenvalue weighted by molar-refractivity contribution is 0.631. The highest BCUT2D eigenvalue weighted by atomic mass is 79.9. The predicted octanol–water partition coefficient (Wildman–Crippen LogP) is 5.99. The molecule has 0 unspecified atom stereocenters. The van der Waals surface area contributed by atoms with Gasteiger partial charge in [-0.1, -0.05) is 71.2 Å². The Kier molecular flexibility index (Phi) is 6.25. The number of aryl methyl sites for hydroxylation is 1. The van der Waals surface area contributed by atoms with Gasteiger partial charge in [-0.2, -0.15) is 0 Å². The molecule has 0 aliphatic rings. The van der Waals surface area contributed by atoms with Crippen molar-refractivity contribution in [1.29, 1.82) is 0 Å². The van der Waals surface area contributed by atoms with Crippen LogP contribution in [0.25, 0.3) is 11.1 Å². The van der Waals surface area contributed by atoms with E-state index in [0.717, 1.165) is 17.3 Å². The third kappa shape index (κ3) is 4.45. The Morgan fingerprint density at radius 1 is 0.800 bits per heavy atom. The molecule has 0 atom stereocenters. The van der Waals surface area contributed by atoms with E-state index in [1.54, 1.807) is 6.07 Å². The molecule has 0 aromatic heterocycles. The first-order valence-corrected chi connectivity index (χ1v) is 8.33. The summed E-state index contributed by atoms with van der Waals surface area (Å²) in [6.45, 7) is 0. The summed E-state index contributed by atoms with van der Waals surface area (Å²) >= 11 is 3.45. The lowest BCUT2D eigenvalue weighted by Gasteiger charge is -2.05. The summed E-state index contributed by atoms with van der Waals surface area (Å²) in [5.41, 5.74) is 2.96. The van der Waals surface area contributed by atoms with Crippen LogP contribution in [0.4, 0.5) is 4.39 Å². The summed E-state index contributed by atoms with van der Waals surface area (Å²) in [5.74, 6) is -0.157. The molecular weight excluding hydrogens is 315 g/mol. The molecular formula is C18H20BrF. The highest BCUT2D eigenvalue weighted by molar-refractivity contribution is 9.09. The first kappa shape index (κ1) is 15.2. The molecule has 0 bridgehead atoms. The molecule has 106 valence electrons. The van der Waals surface area contributed by atoms with Gasteiger partial charge >= 0.3 is 0 Å². The fourth-order valence-electron chi connectivity index (χ4n) is 2.32. The van der Waals surface area contributed by atoms with E-state index in [9.17, 15) is 4.39 Å². The van der Waals surface area contributed by atoms with Gasteiger partial charge in [0.15, 0.2) is 0 Å². The second kappa shape index (κ2) is 8.21. The number of rotatable bonds is 7. The van der Waals surface area contributed by atoms with Gasteiger partial charge in [0.1, 0.15) is 5.82 Å². The highest BCUT2D eigenvalue weighted by Crippen LogP contribution is 2.23.